The Morgan fingerprint density at radius 2 is 1.94 bits per heavy atom. The summed E-state index contributed by atoms with van der Waals surface area (Å²) in [5.41, 5.74) is 7.95. The Balaban J connectivity index is 2.69. The van der Waals surface area contributed by atoms with Crippen LogP contribution in [0.1, 0.15) is 30.0 Å². The number of nitrogens with one attached hydrogen (secondary N) is 1. The molecular formula is C13H20FN3. The summed E-state index contributed by atoms with van der Waals surface area (Å²) < 4.78 is 13.4. The number of guanidine groups is 1. The highest BCUT2D eigenvalue weighted by atomic mass is 19.1. The maximum absolute atomic E-state index is 13.4. The lowest BCUT2D eigenvalue weighted by Gasteiger charge is -2.06. The summed E-state index contributed by atoms with van der Waals surface area (Å²) in [6, 6.07) is 3.61. The minimum absolute atomic E-state index is 0.144. The molecule has 0 fully saturated rings. The molecule has 0 aromatic heterocycles. The van der Waals surface area contributed by atoms with Crippen molar-refractivity contribution >= 4 is 5.96 Å². The summed E-state index contributed by atoms with van der Waals surface area (Å²) in [7, 11) is 0. The Morgan fingerprint density at radius 3 is 2.47 bits per heavy atom. The third-order valence-corrected chi connectivity index (χ3v) is 2.48. The van der Waals surface area contributed by atoms with Crippen molar-refractivity contribution in [1.82, 2.24) is 5.32 Å². The van der Waals surface area contributed by atoms with E-state index in [-0.39, 0.29) is 5.82 Å². The van der Waals surface area contributed by atoms with Crippen LogP contribution in [0.15, 0.2) is 17.1 Å². The molecule has 0 aliphatic rings. The maximum Gasteiger partial charge on any atom is 0.188 e. The third-order valence-electron chi connectivity index (χ3n) is 2.48. The third kappa shape index (κ3) is 4.06. The van der Waals surface area contributed by atoms with E-state index in [4.69, 9.17) is 5.73 Å². The smallest absolute Gasteiger partial charge is 0.188 e. The number of rotatable bonds is 4. The zero-order valence-electron chi connectivity index (χ0n) is 10.7. The molecule has 1 aromatic carbocycles. The van der Waals surface area contributed by atoms with Gasteiger partial charge in [0.2, 0.25) is 0 Å². The van der Waals surface area contributed by atoms with Crippen molar-refractivity contribution in [1.29, 1.82) is 0 Å². The fraction of sp³-hybridized carbons (Fsp3) is 0.462. The SMILES string of the molecule is CCCNC(N)=NCc1cc(C)c(F)c(C)c1. The fourth-order valence-corrected chi connectivity index (χ4v) is 1.61. The molecule has 0 bridgehead atoms. The zero-order valence-corrected chi connectivity index (χ0v) is 10.7. The number of aryl methyl sites for hydroxylation is 2. The van der Waals surface area contributed by atoms with Crippen molar-refractivity contribution in [2.75, 3.05) is 6.54 Å². The van der Waals surface area contributed by atoms with Gasteiger partial charge in [0.15, 0.2) is 5.96 Å². The number of halogens is 1. The highest BCUT2D eigenvalue weighted by Crippen LogP contribution is 2.15. The molecule has 1 aromatic rings. The minimum atomic E-state index is -0.144. The Labute approximate surface area is 102 Å². The van der Waals surface area contributed by atoms with Gasteiger partial charge in [0.1, 0.15) is 5.82 Å². The van der Waals surface area contributed by atoms with E-state index in [1.165, 1.54) is 0 Å². The number of benzene rings is 1. The molecule has 0 aliphatic carbocycles. The van der Waals surface area contributed by atoms with Gasteiger partial charge in [-0.3, -0.25) is 0 Å². The molecule has 0 saturated heterocycles. The standard InChI is InChI=1S/C13H20FN3/c1-4-5-16-13(15)17-8-11-6-9(2)12(14)10(3)7-11/h6-7H,4-5,8H2,1-3H3,(H3,15,16,17). The molecule has 1 rings (SSSR count). The Bertz CT molecular complexity index is 390. The molecule has 4 heteroatoms. The van der Waals surface area contributed by atoms with Gasteiger partial charge in [-0.2, -0.15) is 0 Å². The Hall–Kier alpha value is -1.58. The molecule has 0 spiro atoms. The second-order valence-corrected chi connectivity index (χ2v) is 4.17. The number of nitrogens with zero attached hydrogens (tertiary/aromatic N) is 1. The summed E-state index contributed by atoms with van der Waals surface area (Å²) in [5, 5.41) is 3.00. The van der Waals surface area contributed by atoms with Gasteiger partial charge in [-0.1, -0.05) is 19.1 Å². The molecule has 3 nitrogen and oxygen atoms in total. The van der Waals surface area contributed by atoms with Crippen LogP contribution in [0.5, 0.6) is 0 Å². The van der Waals surface area contributed by atoms with E-state index in [9.17, 15) is 4.39 Å². The highest BCUT2D eigenvalue weighted by molar-refractivity contribution is 5.77. The predicted molar refractivity (Wildman–Crippen MR) is 69.5 cm³/mol. The van der Waals surface area contributed by atoms with E-state index in [2.05, 4.69) is 17.2 Å². The Kier molecular flexibility index (Phi) is 4.94. The molecule has 0 atom stereocenters. The summed E-state index contributed by atoms with van der Waals surface area (Å²) in [6.07, 6.45) is 1.00. The van der Waals surface area contributed by atoms with Crippen LogP contribution in [0.4, 0.5) is 4.39 Å². The first-order valence-electron chi connectivity index (χ1n) is 5.84. The summed E-state index contributed by atoms with van der Waals surface area (Å²) in [4.78, 5) is 4.20. The summed E-state index contributed by atoms with van der Waals surface area (Å²) >= 11 is 0. The van der Waals surface area contributed by atoms with Crippen LogP contribution < -0.4 is 11.1 Å². The lowest BCUT2D eigenvalue weighted by molar-refractivity contribution is 0.608. The molecule has 0 radical (unpaired) electrons. The van der Waals surface area contributed by atoms with E-state index in [0.717, 1.165) is 18.5 Å². The van der Waals surface area contributed by atoms with Gasteiger partial charge in [0, 0.05) is 6.54 Å². The average Bonchev–Trinajstić information content (AvgIpc) is 2.30. The van der Waals surface area contributed by atoms with Crippen LogP contribution in [0.2, 0.25) is 0 Å². The van der Waals surface area contributed by atoms with Crippen LogP contribution in [-0.2, 0) is 6.54 Å². The molecule has 3 N–H and O–H groups in total. The molecule has 0 amide bonds. The number of hydrogen-bond acceptors (Lipinski definition) is 1. The maximum atomic E-state index is 13.4. The second-order valence-electron chi connectivity index (χ2n) is 4.17. The minimum Gasteiger partial charge on any atom is -0.370 e. The van der Waals surface area contributed by atoms with Crippen LogP contribution in [-0.4, -0.2) is 12.5 Å². The molecule has 0 unspecified atom stereocenters. The van der Waals surface area contributed by atoms with Crippen molar-refractivity contribution in [2.45, 2.75) is 33.7 Å². The van der Waals surface area contributed by atoms with Crippen LogP contribution in [0.25, 0.3) is 0 Å². The van der Waals surface area contributed by atoms with Gasteiger partial charge < -0.3 is 11.1 Å². The lowest BCUT2D eigenvalue weighted by atomic mass is 10.1. The van der Waals surface area contributed by atoms with Crippen molar-refractivity contribution < 1.29 is 4.39 Å². The van der Waals surface area contributed by atoms with Gasteiger partial charge in [-0.15, -0.1) is 0 Å². The van der Waals surface area contributed by atoms with E-state index >= 15 is 0 Å². The quantitative estimate of drug-likeness (QED) is 0.623. The fourth-order valence-electron chi connectivity index (χ4n) is 1.61. The molecule has 94 valence electrons. The zero-order chi connectivity index (χ0) is 12.8. The van der Waals surface area contributed by atoms with Crippen LogP contribution >= 0.6 is 0 Å². The normalized spacial score (nSPS) is 11.6. The first-order chi connectivity index (χ1) is 8.04. The van der Waals surface area contributed by atoms with Gasteiger partial charge in [-0.05, 0) is 37.0 Å². The topological polar surface area (TPSA) is 50.4 Å². The van der Waals surface area contributed by atoms with Gasteiger partial charge in [-0.25, -0.2) is 9.38 Å². The first-order valence-corrected chi connectivity index (χ1v) is 5.84. The largest absolute Gasteiger partial charge is 0.370 e. The Morgan fingerprint density at radius 1 is 1.35 bits per heavy atom. The van der Waals surface area contributed by atoms with E-state index < -0.39 is 0 Å². The van der Waals surface area contributed by atoms with Crippen molar-refractivity contribution in [3.63, 3.8) is 0 Å². The molecule has 17 heavy (non-hydrogen) atoms. The number of aliphatic imine (C=N–C) groups is 1. The van der Waals surface area contributed by atoms with E-state index in [1.807, 2.05) is 0 Å². The van der Waals surface area contributed by atoms with Crippen molar-refractivity contribution in [3.05, 3.63) is 34.6 Å². The number of hydrogen-bond donors (Lipinski definition) is 2. The van der Waals surface area contributed by atoms with Crippen LogP contribution in [0, 0.1) is 19.7 Å². The van der Waals surface area contributed by atoms with Gasteiger partial charge >= 0.3 is 0 Å². The molecule has 0 aliphatic heterocycles. The van der Waals surface area contributed by atoms with Gasteiger partial charge in [0.25, 0.3) is 0 Å². The molecule has 0 saturated carbocycles. The summed E-state index contributed by atoms with van der Waals surface area (Å²) in [5.74, 6) is 0.293. The van der Waals surface area contributed by atoms with Gasteiger partial charge in [0.05, 0.1) is 6.54 Å². The lowest BCUT2D eigenvalue weighted by Crippen LogP contribution is -2.32. The van der Waals surface area contributed by atoms with Crippen molar-refractivity contribution in [3.8, 4) is 0 Å². The summed E-state index contributed by atoms with van der Waals surface area (Å²) in [6.45, 7) is 6.87. The van der Waals surface area contributed by atoms with E-state index in [0.29, 0.717) is 23.6 Å². The highest BCUT2D eigenvalue weighted by Gasteiger charge is 2.03. The monoisotopic (exact) mass is 237 g/mol. The second kappa shape index (κ2) is 6.23. The molecule has 0 heterocycles. The molecular weight excluding hydrogens is 217 g/mol. The average molecular weight is 237 g/mol. The first kappa shape index (κ1) is 13.5. The predicted octanol–water partition coefficient (Wildman–Crippen LogP) is 2.26. The number of nitrogens with two attached hydrogens (primary N) is 1. The van der Waals surface area contributed by atoms with E-state index in [1.54, 1.807) is 26.0 Å². The van der Waals surface area contributed by atoms with Crippen molar-refractivity contribution in [2.24, 2.45) is 10.7 Å². The van der Waals surface area contributed by atoms with Crippen LogP contribution in [0.3, 0.4) is 0 Å².